The van der Waals surface area contributed by atoms with E-state index in [1.807, 2.05) is 48.5 Å². The van der Waals surface area contributed by atoms with Crippen LogP contribution in [-0.2, 0) is 6.42 Å². The van der Waals surface area contributed by atoms with E-state index in [1.54, 1.807) is 0 Å². The van der Waals surface area contributed by atoms with E-state index in [-0.39, 0.29) is 12.5 Å². The molecule has 7 nitrogen and oxygen atoms in total. The van der Waals surface area contributed by atoms with Gasteiger partial charge in [-0.25, -0.2) is 0 Å². The van der Waals surface area contributed by atoms with Gasteiger partial charge in [-0.1, -0.05) is 30.3 Å². The van der Waals surface area contributed by atoms with Gasteiger partial charge in [0.2, 0.25) is 0 Å². The zero-order valence-electron chi connectivity index (χ0n) is 15.2. The highest BCUT2D eigenvalue weighted by Gasteiger charge is 2.20. The lowest BCUT2D eigenvalue weighted by Crippen LogP contribution is -2.39. The zero-order chi connectivity index (χ0) is 19.3. The third-order valence-corrected chi connectivity index (χ3v) is 4.60. The predicted molar refractivity (Wildman–Crippen MR) is 103 cm³/mol. The number of aliphatic hydroxyl groups excluding tert-OH is 1. The van der Waals surface area contributed by atoms with Gasteiger partial charge in [-0.05, 0) is 30.2 Å². The van der Waals surface area contributed by atoms with E-state index >= 15 is 0 Å². The molecule has 1 atom stereocenters. The summed E-state index contributed by atoms with van der Waals surface area (Å²) in [5, 5.41) is 19.5. The van der Waals surface area contributed by atoms with Crippen molar-refractivity contribution in [1.82, 2.24) is 15.5 Å². The molecule has 1 aromatic heterocycles. The van der Waals surface area contributed by atoms with Crippen molar-refractivity contribution in [2.75, 3.05) is 19.8 Å². The van der Waals surface area contributed by atoms with Crippen LogP contribution in [0.25, 0.3) is 11.3 Å². The summed E-state index contributed by atoms with van der Waals surface area (Å²) in [6.07, 6.45) is 2.03. The number of fused-ring (bicyclic) bond motifs is 1. The van der Waals surface area contributed by atoms with Gasteiger partial charge in [0, 0.05) is 5.56 Å². The fourth-order valence-corrected chi connectivity index (χ4v) is 3.20. The fraction of sp³-hybridized carbons (Fsp3) is 0.238. The molecule has 0 fully saturated rings. The summed E-state index contributed by atoms with van der Waals surface area (Å²) in [4.78, 5) is 12.8. The standard InChI is InChI=1S/C21H21N3O4/c25-13-16(10-14-4-2-1-3-5-14)23-21(26)17-12-22-24-20(17)15-6-7-18-19(11-15)28-9-8-27-18/h1-7,11-12,16,25H,8-10,13H2,(H,22,24)(H,23,26)/t16-/m0/s1. The molecule has 0 saturated heterocycles. The molecule has 1 aliphatic heterocycles. The Morgan fingerprint density at radius 2 is 1.93 bits per heavy atom. The first kappa shape index (κ1) is 18.1. The maximum atomic E-state index is 12.8. The lowest BCUT2D eigenvalue weighted by Gasteiger charge is -2.19. The molecule has 28 heavy (non-hydrogen) atoms. The topological polar surface area (TPSA) is 96.5 Å². The molecule has 2 aromatic carbocycles. The summed E-state index contributed by atoms with van der Waals surface area (Å²) in [5.74, 6) is 1.03. The molecule has 1 amide bonds. The number of hydrogen-bond acceptors (Lipinski definition) is 5. The van der Waals surface area contributed by atoms with Gasteiger partial charge in [0.1, 0.15) is 13.2 Å². The largest absolute Gasteiger partial charge is 0.486 e. The summed E-state index contributed by atoms with van der Waals surface area (Å²) in [5.41, 5.74) is 2.81. The molecule has 7 heteroatoms. The molecule has 1 aliphatic rings. The highest BCUT2D eigenvalue weighted by molar-refractivity contribution is 6.00. The quantitative estimate of drug-likeness (QED) is 0.610. The number of rotatable bonds is 6. The third kappa shape index (κ3) is 3.84. The van der Waals surface area contributed by atoms with E-state index in [9.17, 15) is 9.90 Å². The summed E-state index contributed by atoms with van der Waals surface area (Å²) in [7, 11) is 0. The number of aliphatic hydroxyl groups is 1. The number of aromatic amines is 1. The van der Waals surface area contributed by atoms with Gasteiger partial charge in [-0.3, -0.25) is 9.89 Å². The minimum atomic E-state index is -0.391. The number of benzene rings is 2. The highest BCUT2D eigenvalue weighted by Crippen LogP contribution is 2.34. The normalized spacial score (nSPS) is 13.8. The maximum Gasteiger partial charge on any atom is 0.255 e. The average molecular weight is 379 g/mol. The lowest BCUT2D eigenvalue weighted by molar-refractivity contribution is 0.0917. The number of amides is 1. The summed E-state index contributed by atoms with van der Waals surface area (Å²) in [6.45, 7) is 0.857. The van der Waals surface area contributed by atoms with Crippen LogP contribution in [0.4, 0.5) is 0 Å². The highest BCUT2D eigenvalue weighted by atomic mass is 16.6. The van der Waals surface area contributed by atoms with Crippen LogP contribution >= 0.6 is 0 Å². The molecule has 2 heterocycles. The maximum absolute atomic E-state index is 12.8. The molecular formula is C21H21N3O4. The number of carbonyl (C=O) groups is 1. The van der Waals surface area contributed by atoms with Gasteiger partial charge in [0.15, 0.2) is 11.5 Å². The van der Waals surface area contributed by atoms with Crippen molar-refractivity contribution >= 4 is 5.91 Å². The average Bonchev–Trinajstić information content (AvgIpc) is 3.23. The van der Waals surface area contributed by atoms with Gasteiger partial charge in [0.05, 0.1) is 30.1 Å². The van der Waals surface area contributed by atoms with E-state index in [4.69, 9.17) is 9.47 Å². The van der Waals surface area contributed by atoms with Crippen molar-refractivity contribution in [3.05, 3.63) is 65.9 Å². The second-order valence-electron chi connectivity index (χ2n) is 6.56. The molecule has 0 radical (unpaired) electrons. The van der Waals surface area contributed by atoms with Gasteiger partial charge >= 0.3 is 0 Å². The smallest absolute Gasteiger partial charge is 0.255 e. The Bertz CT molecular complexity index is 955. The SMILES string of the molecule is O=C(N[C@H](CO)Cc1ccccc1)c1cn[nH]c1-c1ccc2c(c1)OCCO2. The van der Waals surface area contributed by atoms with Crippen LogP contribution in [0.15, 0.2) is 54.7 Å². The van der Waals surface area contributed by atoms with Gasteiger partial charge in [-0.15, -0.1) is 0 Å². The number of ether oxygens (including phenoxy) is 2. The third-order valence-electron chi connectivity index (χ3n) is 4.60. The van der Waals surface area contributed by atoms with Gasteiger partial charge < -0.3 is 19.9 Å². The van der Waals surface area contributed by atoms with Crippen LogP contribution < -0.4 is 14.8 Å². The Morgan fingerprint density at radius 3 is 2.71 bits per heavy atom. The van der Waals surface area contributed by atoms with E-state index in [2.05, 4.69) is 15.5 Å². The lowest BCUT2D eigenvalue weighted by atomic mass is 10.0. The number of nitrogens with zero attached hydrogens (tertiary/aromatic N) is 1. The second-order valence-corrected chi connectivity index (χ2v) is 6.56. The summed E-state index contributed by atoms with van der Waals surface area (Å²) < 4.78 is 11.2. The summed E-state index contributed by atoms with van der Waals surface area (Å²) >= 11 is 0. The molecule has 0 unspecified atom stereocenters. The van der Waals surface area contributed by atoms with Crippen LogP contribution in [0.3, 0.4) is 0 Å². The van der Waals surface area contributed by atoms with E-state index in [0.29, 0.717) is 42.4 Å². The van der Waals surface area contributed by atoms with Crippen LogP contribution in [0, 0.1) is 0 Å². The van der Waals surface area contributed by atoms with Crippen LogP contribution in [-0.4, -0.2) is 47.1 Å². The first-order valence-corrected chi connectivity index (χ1v) is 9.13. The number of hydrogen-bond donors (Lipinski definition) is 3. The van der Waals surface area contributed by atoms with E-state index < -0.39 is 6.04 Å². The van der Waals surface area contributed by atoms with Crippen LogP contribution in [0.5, 0.6) is 11.5 Å². The first-order chi connectivity index (χ1) is 13.7. The van der Waals surface area contributed by atoms with Crippen LogP contribution in [0.1, 0.15) is 15.9 Å². The first-order valence-electron chi connectivity index (χ1n) is 9.13. The van der Waals surface area contributed by atoms with Crippen LogP contribution in [0.2, 0.25) is 0 Å². The predicted octanol–water partition coefficient (Wildman–Crippen LogP) is 2.18. The Balaban J connectivity index is 1.52. The minimum Gasteiger partial charge on any atom is -0.486 e. The zero-order valence-corrected chi connectivity index (χ0v) is 15.2. The Morgan fingerprint density at radius 1 is 1.14 bits per heavy atom. The monoisotopic (exact) mass is 379 g/mol. The van der Waals surface area contributed by atoms with Crippen molar-refractivity contribution in [3.8, 4) is 22.8 Å². The van der Waals surface area contributed by atoms with Crippen molar-refractivity contribution in [3.63, 3.8) is 0 Å². The number of H-pyrrole nitrogens is 1. The van der Waals surface area contributed by atoms with Crippen molar-refractivity contribution < 1.29 is 19.4 Å². The molecule has 4 rings (SSSR count). The number of carbonyl (C=O) groups excluding carboxylic acids is 1. The molecule has 3 N–H and O–H groups in total. The molecule has 144 valence electrons. The summed E-state index contributed by atoms with van der Waals surface area (Å²) in [6, 6.07) is 14.8. The second kappa shape index (κ2) is 8.14. The van der Waals surface area contributed by atoms with E-state index in [1.165, 1.54) is 6.20 Å². The van der Waals surface area contributed by atoms with Crippen molar-refractivity contribution in [1.29, 1.82) is 0 Å². The van der Waals surface area contributed by atoms with Gasteiger partial charge in [-0.2, -0.15) is 5.10 Å². The number of aromatic nitrogens is 2. The van der Waals surface area contributed by atoms with E-state index in [0.717, 1.165) is 11.1 Å². The molecule has 0 aliphatic carbocycles. The van der Waals surface area contributed by atoms with Crippen molar-refractivity contribution in [2.45, 2.75) is 12.5 Å². The van der Waals surface area contributed by atoms with Gasteiger partial charge in [0.25, 0.3) is 5.91 Å². The Labute approximate surface area is 162 Å². The molecule has 0 spiro atoms. The molecule has 0 bridgehead atoms. The Hall–Kier alpha value is -3.32. The minimum absolute atomic E-state index is 0.155. The Kier molecular flexibility index (Phi) is 5.25. The fourth-order valence-electron chi connectivity index (χ4n) is 3.20. The molecule has 0 saturated carbocycles. The number of nitrogens with one attached hydrogen (secondary N) is 2. The molecular weight excluding hydrogens is 358 g/mol. The molecule has 3 aromatic rings. The van der Waals surface area contributed by atoms with Crippen molar-refractivity contribution in [2.24, 2.45) is 0 Å².